The molecule has 1 aromatic carbocycles. The molecule has 10 heteroatoms. The van der Waals surface area contributed by atoms with Crippen LogP contribution in [0.25, 0.3) is 0 Å². The zero-order valence-corrected chi connectivity index (χ0v) is 21.6. The van der Waals surface area contributed by atoms with Gasteiger partial charge in [0.25, 0.3) is 0 Å². The van der Waals surface area contributed by atoms with Gasteiger partial charge < -0.3 is 18.1 Å². The molecular weight excluding hydrogens is 604 g/mol. The van der Waals surface area contributed by atoms with Gasteiger partial charge in [0.1, 0.15) is 0 Å². The fourth-order valence-corrected chi connectivity index (χ4v) is 6.96. The van der Waals surface area contributed by atoms with Gasteiger partial charge in [0.05, 0.1) is 38.8 Å². The normalized spacial score (nSPS) is 12.5. The summed E-state index contributed by atoms with van der Waals surface area (Å²) in [6.07, 6.45) is 0.240. The summed E-state index contributed by atoms with van der Waals surface area (Å²) in [5, 5.41) is 0. The first-order valence-corrected chi connectivity index (χ1v) is 14.1. The van der Waals surface area contributed by atoms with Gasteiger partial charge in [0.2, 0.25) is 0 Å². The minimum absolute atomic E-state index is 0.120. The van der Waals surface area contributed by atoms with E-state index < -0.39 is 15.2 Å². The molecule has 0 fully saturated rings. The lowest BCUT2D eigenvalue weighted by atomic mass is 10.1. The maximum Gasteiger partial charge on any atom is 0.335 e. The Morgan fingerprint density at radius 1 is 0.692 bits per heavy atom. The molecule has 0 aliphatic rings. The van der Waals surface area contributed by atoms with E-state index in [1.54, 1.807) is 27.7 Å². The van der Waals surface area contributed by atoms with Gasteiger partial charge in [-0.05, 0) is 96.1 Å². The Labute approximate surface area is 183 Å². The van der Waals surface area contributed by atoms with Crippen LogP contribution in [0.4, 0.5) is 0 Å². The lowest BCUT2D eigenvalue weighted by Crippen LogP contribution is -2.05. The van der Waals surface area contributed by atoms with Crippen LogP contribution in [0.3, 0.4) is 0 Å². The Morgan fingerprint density at radius 2 is 0.962 bits per heavy atom. The molecule has 1 rings (SSSR count). The molecule has 0 spiro atoms. The van der Waals surface area contributed by atoms with Crippen molar-refractivity contribution in [2.75, 3.05) is 26.4 Å². The quantitative estimate of drug-likeness (QED) is 0.196. The van der Waals surface area contributed by atoms with Crippen molar-refractivity contribution in [3.8, 4) is 0 Å². The van der Waals surface area contributed by atoms with E-state index >= 15 is 0 Å². The van der Waals surface area contributed by atoms with Crippen LogP contribution in [-0.2, 0) is 39.5 Å². The third-order valence-electron chi connectivity index (χ3n) is 3.27. The van der Waals surface area contributed by atoms with Crippen LogP contribution in [0, 0.1) is 7.14 Å². The SMILES string of the molecule is CCOP(=O)(Cc1cc(I)c(I)cc1CP(=O)(OCC)OCC)OCC. The van der Waals surface area contributed by atoms with E-state index in [-0.39, 0.29) is 12.3 Å². The van der Waals surface area contributed by atoms with Gasteiger partial charge in [-0.25, -0.2) is 0 Å². The van der Waals surface area contributed by atoms with Crippen LogP contribution in [-0.4, -0.2) is 26.4 Å². The summed E-state index contributed by atoms with van der Waals surface area (Å²) in [6.45, 7) is 8.31. The van der Waals surface area contributed by atoms with Crippen molar-refractivity contribution >= 4 is 60.4 Å². The van der Waals surface area contributed by atoms with Crippen LogP contribution in [0.2, 0.25) is 0 Å². The van der Waals surface area contributed by atoms with Gasteiger partial charge in [-0.3, -0.25) is 9.13 Å². The second-order valence-electron chi connectivity index (χ2n) is 5.24. The van der Waals surface area contributed by atoms with Gasteiger partial charge in [-0.1, -0.05) is 0 Å². The summed E-state index contributed by atoms with van der Waals surface area (Å²) in [6, 6.07) is 3.87. The van der Waals surface area contributed by atoms with E-state index in [0.717, 1.165) is 18.3 Å². The van der Waals surface area contributed by atoms with E-state index in [1.807, 2.05) is 12.1 Å². The maximum absolute atomic E-state index is 13.0. The van der Waals surface area contributed by atoms with Gasteiger partial charge in [-0.2, -0.15) is 0 Å². The highest BCUT2D eigenvalue weighted by atomic mass is 127. The smallest absolute Gasteiger partial charge is 0.309 e. The van der Waals surface area contributed by atoms with Crippen molar-refractivity contribution in [3.05, 3.63) is 30.4 Å². The van der Waals surface area contributed by atoms with Crippen LogP contribution in [0.1, 0.15) is 38.8 Å². The van der Waals surface area contributed by atoms with Gasteiger partial charge in [0.15, 0.2) is 0 Å². The summed E-state index contributed by atoms with van der Waals surface area (Å²) in [5.74, 6) is 0. The highest BCUT2D eigenvalue weighted by Gasteiger charge is 2.30. The van der Waals surface area contributed by atoms with E-state index in [9.17, 15) is 9.13 Å². The third kappa shape index (κ3) is 7.78. The Hall–Kier alpha value is 0.980. The minimum Gasteiger partial charge on any atom is -0.309 e. The second kappa shape index (κ2) is 11.9. The molecule has 0 heterocycles. The van der Waals surface area contributed by atoms with E-state index in [1.165, 1.54) is 0 Å². The summed E-state index contributed by atoms with van der Waals surface area (Å²) in [4.78, 5) is 0. The molecule has 0 saturated heterocycles. The predicted octanol–water partition coefficient (Wildman–Crippen LogP) is 6.43. The summed E-state index contributed by atoms with van der Waals surface area (Å²) in [5.41, 5.74) is 1.55. The molecular formula is C16H26I2O6P2. The van der Waals surface area contributed by atoms with Crippen LogP contribution >= 0.6 is 60.4 Å². The molecule has 0 N–H and O–H groups in total. The average molecular weight is 630 g/mol. The molecule has 0 atom stereocenters. The molecule has 6 nitrogen and oxygen atoms in total. The van der Waals surface area contributed by atoms with E-state index in [2.05, 4.69) is 45.2 Å². The number of hydrogen-bond donors (Lipinski definition) is 0. The van der Waals surface area contributed by atoms with E-state index in [0.29, 0.717) is 26.4 Å². The molecule has 0 unspecified atom stereocenters. The third-order valence-corrected chi connectivity index (χ3v) is 10.2. The molecule has 0 saturated carbocycles. The number of rotatable bonds is 12. The Balaban J connectivity index is 3.29. The molecule has 0 radical (unpaired) electrons. The Morgan fingerprint density at radius 3 is 1.19 bits per heavy atom. The second-order valence-corrected chi connectivity index (χ2v) is 11.7. The fraction of sp³-hybridized carbons (Fsp3) is 0.625. The molecule has 0 amide bonds. The molecule has 0 aliphatic carbocycles. The maximum atomic E-state index is 13.0. The topological polar surface area (TPSA) is 71.1 Å². The number of halogens is 2. The van der Waals surface area contributed by atoms with E-state index in [4.69, 9.17) is 18.1 Å². The minimum atomic E-state index is -3.28. The van der Waals surface area contributed by atoms with Crippen molar-refractivity contribution in [2.45, 2.75) is 40.0 Å². The first kappa shape index (κ1) is 25.0. The van der Waals surface area contributed by atoms with Crippen molar-refractivity contribution in [2.24, 2.45) is 0 Å². The average Bonchev–Trinajstić information content (AvgIpc) is 2.53. The van der Waals surface area contributed by atoms with Gasteiger partial charge in [0, 0.05) is 7.14 Å². The van der Waals surface area contributed by atoms with Gasteiger partial charge >= 0.3 is 15.2 Å². The molecule has 0 bridgehead atoms. The highest BCUT2D eigenvalue weighted by Crippen LogP contribution is 2.55. The van der Waals surface area contributed by atoms with Crippen molar-refractivity contribution in [3.63, 3.8) is 0 Å². The summed E-state index contributed by atoms with van der Waals surface area (Å²) in [7, 11) is -6.55. The van der Waals surface area contributed by atoms with Crippen LogP contribution < -0.4 is 0 Å². The predicted molar refractivity (Wildman–Crippen MR) is 121 cm³/mol. The van der Waals surface area contributed by atoms with Crippen LogP contribution in [0.15, 0.2) is 12.1 Å². The van der Waals surface area contributed by atoms with Gasteiger partial charge in [-0.15, -0.1) is 0 Å². The highest BCUT2D eigenvalue weighted by molar-refractivity contribution is 14.1. The zero-order chi connectivity index (χ0) is 19.8. The van der Waals surface area contributed by atoms with Crippen molar-refractivity contribution < 1.29 is 27.2 Å². The van der Waals surface area contributed by atoms with Crippen LogP contribution in [0.5, 0.6) is 0 Å². The van der Waals surface area contributed by atoms with Crippen molar-refractivity contribution in [1.29, 1.82) is 0 Å². The first-order chi connectivity index (χ1) is 12.2. The first-order valence-electron chi connectivity index (χ1n) is 8.45. The summed E-state index contributed by atoms with van der Waals surface area (Å²) >= 11 is 4.44. The molecule has 0 aromatic heterocycles. The molecule has 26 heavy (non-hydrogen) atoms. The Bertz CT molecular complexity index is 606. The number of hydrogen-bond acceptors (Lipinski definition) is 6. The van der Waals surface area contributed by atoms with Crippen molar-refractivity contribution in [1.82, 2.24) is 0 Å². The molecule has 150 valence electrons. The zero-order valence-electron chi connectivity index (χ0n) is 15.5. The summed E-state index contributed by atoms with van der Waals surface area (Å²) < 4.78 is 49.7. The number of benzene rings is 1. The lowest BCUT2D eigenvalue weighted by molar-refractivity contribution is 0.217. The Kier molecular flexibility index (Phi) is 11.4. The molecule has 0 aliphatic heterocycles. The lowest BCUT2D eigenvalue weighted by Gasteiger charge is -2.22. The molecule has 1 aromatic rings. The monoisotopic (exact) mass is 630 g/mol. The largest absolute Gasteiger partial charge is 0.335 e. The fourth-order valence-electron chi connectivity index (χ4n) is 2.38. The standard InChI is InChI=1S/C16H26I2O6P2/c1-5-21-25(19,22-6-2)11-13-9-15(17)16(18)10-14(13)12-26(20,23-7-3)24-8-4/h9-10H,5-8,11-12H2,1-4H3.